The maximum atomic E-state index is 12.3. The van der Waals surface area contributed by atoms with Crippen molar-refractivity contribution in [2.75, 3.05) is 30.3 Å². The quantitative estimate of drug-likeness (QED) is 0.833. The summed E-state index contributed by atoms with van der Waals surface area (Å²) in [5, 5.41) is 3.78. The lowest BCUT2D eigenvalue weighted by Crippen LogP contribution is -2.31. The highest BCUT2D eigenvalue weighted by Crippen LogP contribution is 2.30. The van der Waals surface area contributed by atoms with Crippen LogP contribution in [-0.2, 0) is 14.8 Å². The number of rotatable bonds is 6. The van der Waals surface area contributed by atoms with E-state index in [-0.39, 0.29) is 17.8 Å². The molecule has 2 aromatic rings. The summed E-state index contributed by atoms with van der Waals surface area (Å²) in [6, 6.07) is 7.23. The molecule has 1 amide bonds. The van der Waals surface area contributed by atoms with Gasteiger partial charge in [-0.15, -0.1) is 11.3 Å². The topological polar surface area (TPSA) is 75.7 Å². The molecule has 0 radical (unpaired) electrons. The Bertz CT molecular complexity index is 870. The number of ether oxygens (including phenoxy) is 1. The molecule has 1 aliphatic heterocycles. The van der Waals surface area contributed by atoms with Crippen molar-refractivity contribution in [3.63, 3.8) is 0 Å². The second kappa shape index (κ2) is 7.31. The van der Waals surface area contributed by atoms with Gasteiger partial charge in [-0.1, -0.05) is 0 Å². The number of fused-ring (bicyclic) bond motifs is 1. The third kappa shape index (κ3) is 3.96. The summed E-state index contributed by atoms with van der Waals surface area (Å²) in [6.45, 7) is 2.90. The first kappa shape index (κ1) is 18.2. The number of carbonyl (C=O) groups excluding carboxylic acids is 1. The zero-order valence-electron chi connectivity index (χ0n) is 14.3. The maximum absolute atomic E-state index is 12.3. The second-order valence-electron chi connectivity index (χ2n) is 6.05. The molecular weight excluding hydrogens is 360 g/mol. The Labute approximate surface area is 151 Å². The summed E-state index contributed by atoms with van der Waals surface area (Å²) >= 11 is 1.40. The van der Waals surface area contributed by atoms with Crippen LogP contribution in [0.4, 0.5) is 5.69 Å². The zero-order valence-corrected chi connectivity index (χ0v) is 16.0. The van der Waals surface area contributed by atoms with E-state index >= 15 is 0 Å². The average molecular weight is 383 g/mol. The van der Waals surface area contributed by atoms with Crippen LogP contribution >= 0.6 is 11.3 Å². The van der Waals surface area contributed by atoms with Crippen molar-refractivity contribution in [3.05, 3.63) is 29.1 Å². The summed E-state index contributed by atoms with van der Waals surface area (Å²) in [5.74, 6) is -0.0741. The van der Waals surface area contributed by atoms with Crippen molar-refractivity contribution < 1.29 is 17.9 Å². The molecule has 1 atom stereocenters. The summed E-state index contributed by atoms with van der Waals surface area (Å²) in [6.07, 6.45) is 2.13. The Morgan fingerprint density at radius 1 is 1.40 bits per heavy atom. The number of anilines is 1. The van der Waals surface area contributed by atoms with Crippen LogP contribution in [0.1, 0.15) is 29.4 Å². The molecule has 1 aromatic carbocycles. The molecule has 1 N–H and O–H groups in total. The molecule has 1 fully saturated rings. The number of hydrogen-bond acceptors (Lipinski definition) is 5. The fraction of sp³-hybridized carbons (Fsp3) is 0.471. The highest BCUT2D eigenvalue weighted by atomic mass is 32.2. The number of sulfonamides is 1. The van der Waals surface area contributed by atoms with Crippen LogP contribution in [0.5, 0.6) is 0 Å². The molecular formula is C17H22N2O4S2. The molecule has 0 aliphatic carbocycles. The highest BCUT2D eigenvalue weighted by Gasteiger charge is 2.19. The van der Waals surface area contributed by atoms with E-state index in [1.54, 1.807) is 32.2 Å². The molecule has 0 saturated carbocycles. The molecule has 8 heteroatoms. The number of thiophene rings is 1. The second-order valence-corrected chi connectivity index (χ2v) is 9.42. The fourth-order valence-corrected chi connectivity index (χ4v) is 4.57. The molecule has 1 aliphatic rings. The number of nitrogens with zero attached hydrogens (tertiary/aromatic N) is 1. The number of benzene rings is 1. The van der Waals surface area contributed by atoms with Crippen molar-refractivity contribution in [1.29, 1.82) is 0 Å². The van der Waals surface area contributed by atoms with E-state index in [0.717, 1.165) is 29.5 Å². The molecule has 6 nitrogen and oxygen atoms in total. The van der Waals surface area contributed by atoms with Gasteiger partial charge in [-0.25, -0.2) is 8.42 Å². The minimum absolute atomic E-state index is 0.0437. The van der Waals surface area contributed by atoms with Crippen LogP contribution < -0.4 is 9.62 Å². The van der Waals surface area contributed by atoms with E-state index in [9.17, 15) is 13.2 Å². The van der Waals surface area contributed by atoms with Gasteiger partial charge in [0.2, 0.25) is 10.0 Å². The normalized spacial score (nSPS) is 17.8. The van der Waals surface area contributed by atoms with E-state index in [1.807, 2.05) is 6.07 Å². The Morgan fingerprint density at radius 3 is 2.88 bits per heavy atom. The van der Waals surface area contributed by atoms with Gasteiger partial charge in [0, 0.05) is 24.9 Å². The molecule has 1 unspecified atom stereocenters. The van der Waals surface area contributed by atoms with Crippen molar-refractivity contribution in [1.82, 2.24) is 5.32 Å². The molecule has 1 aromatic heterocycles. The first-order chi connectivity index (χ1) is 11.9. The number of carbonyl (C=O) groups is 1. The monoisotopic (exact) mass is 382 g/mol. The smallest absolute Gasteiger partial charge is 0.261 e. The predicted molar refractivity (Wildman–Crippen MR) is 101 cm³/mol. The molecule has 2 heterocycles. The third-order valence-electron chi connectivity index (χ3n) is 4.38. The van der Waals surface area contributed by atoms with E-state index in [2.05, 4.69) is 5.32 Å². The van der Waals surface area contributed by atoms with Crippen molar-refractivity contribution in [2.45, 2.75) is 25.9 Å². The van der Waals surface area contributed by atoms with Crippen LogP contribution in [0.15, 0.2) is 24.3 Å². The first-order valence-electron chi connectivity index (χ1n) is 8.30. The molecule has 0 spiro atoms. The lowest BCUT2D eigenvalue weighted by Gasteiger charge is -2.18. The number of amides is 1. The Hall–Kier alpha value is -1.64. The lowest BCUT2D eigenvalue weighted by molar-refractivity contribution is 0.0861. The number of hydrogen-bond donors (Lipinski definition) is 1. The SMILES string of the molecule is CCS(=O)(=O)N(C)c1ccc2sc(C(=O)NCC3CCCO3)cc2c1. The molecule has 0 bridgehead atoms. The van der Waals surface area contributed by atoms with Crippen LogP contribution in [0.25, 0.3) is 10.1 Å². The minimum Gasteiger partial charge on any atom is -0.376 e. The zero-order chi connectivity index (χ0) is 18.0. The van der Waals surface area contributed by atoms with Crippen LogP contribution in [0.2, 0.25) is 0 Å². The van der Waals surface area contributed by atoms with Gasteiger partial charge in [0.25, 0.3) is 5.91 Å². The van der Waals surface area contributed by atoms with Crippen LogP contribution in [0.3, 0.4) is 0 Å². The van der Waals surface area contributed by atoms with Gasteiger partial charge < -0.3 is 10.1 Å². The fourth-order valence-electron chi connectivity index (χ4n) is 2.79. The number of nitrogens with one attached hydrogen (secondary N) is 1. The predicted octanol–water partition coefficient (Wildman–Crippen LogP) is 2.60. The first-order valence-corrected chi connectivity index (χ1v) is 10.7. The van der Waals surface area contributed by atoms with Gasteiger partial charge in [0.05, 0.1) is 22.4 Å². The summed E-state index contributed by atoms with van der Waals surface area (Å²) in [4.78, 5) is 12.9. The van der Waals surface area contributed by atoms with Crippen molar-refractivity contribution in [2.24, 2.45) is 0 Å². The minimum atomic E-state index is -3.30. The summed E-state index contributed by atoms with van der Waals surface area (Å²) in [5.41, 5.74) is 0.596. The molecule has 3 rings (SSSR count). The lowest BCUT2D eigenvalue weighted by atomic mass is 10.2. The van der Waals surface area contributed by atoms with Gasteiger partial charge >= 0.3 is 0 Å². The Kier molecular flexibility index (Phi) is 5.31. The third-order valence-corrected chi connectivity index (χ3v) is 7.27. The molecule has 25 heavy (non-hydrogen) atoms. The van der Waals surface area contributed by atoms with Gasteiger partial charge in [-0.3, -0.25) is 9.10 Å². The van der Waals surface area contributed by atoms with Gasteiger partial charge in [-0.2, -0.15) is 0 Å². The summed E-state index contributed by atoms with van der Waals surface area (Å²) in [7, 11) is -1.76. The van der Waals surface area contributed by atoms with Gasteiger partial charge in [-0.05, 0) is 49.4 Å². The van der Waals surface area contributed by atoms with Gasteiger partial charge in [0.1, 0.15) is 0 Å². The van der Waals surface area contributed by atoms with Crippen LogP contribution in [-0.4, -0.2) is 46.4 Å². The molecule has 136 valence electrons. The maximum Gasteiger partial charge on any atom is 0.261 e. The van der Waals surface area contributed by atoms with E-state index in [1.165, 1.54) is 15.6 Å². The largest absolute Gasteiger partial charge is 0.376 e. The van der Waals surface area contributed by atoms with Crippen molar-refractivity contribution >= 4 is 43.0 Å². The molecule has 1 saturated heterocycles. The van der Waals surface area contributed by atoms with E-state index in [4.69, 9.17) is 4.74 Å². The van der Waals surface area contributed by atoms with Gasteiger partial charge in [0.15, 0.2) is 0 Å². The van der Waals surface area contributed by atoms with E-state index < -0.39 is 10.0 Å². The summed E-state index contributed by atoms with van der Waals surface area (Å²) < 4.78 is 31.8. The standard InChI is InChI=1S/C17H22N2O4S2/c1-3-25(21,22)19(2)13-6-7-15-12(9-13)10-16(24-15)17(20)18-11-14-5-4-8-23-14/h6-7,9-10,14H,3-5,8,11H2,1-2H3,(H,18,20). The highest BCUT2D eigenvalue weighted by molar-refractivity contribution is 7.92. The average Bonchev–Trinajstić information content (AvgIpc) is 3.27. The van der Waals surface area contributed by atoms with Crippen molar-refractivity contribution in [3.8, 4) is 0 Å². The van der Waals surface area contributed by atoms with Crippen LogP contribution in [0, 0.1) is 0 Å². The Balaban J connectivity index is 1.76. The van der Waals surface area contributed by atoms with E-state index in [0.29, 0.717) is 17.1 Å². The Morgan fingerprint density at radius 2 is 2.20 bits per heavy atom.